The molecule has 0 aliphatic carbocycles. The van der Waals surface area contributed by atoms with Crippen molar-refractivity contribution in [3.05, 3.63) is 0 Å². The summed E-state index contributed by atoms with van der Waals surface area (Å²) in [6.07, 6.45) is 0.655. The predicted molar refractivity (Wildman–Crippen MR) is 53.7 cm³/mol. The number of ether oxygens (including phenoxy) is 1. The van der Waals surface area contributed by atoms with Crippen LogP contribution in [-0.4, -0.2) is 46.7 Å². The molecule has 0 amide bonds. The van der Waals surface area contributed by atoms with Gasteiger partial charge in [0.2, 0.25) is 0 Å². The smallest absolute Gasteiger partial charge is 0.152 e. The average molecular weight is 209 g/mol. The quantitative estimate of drug-likeness (QED) is 0.643. The molecule has 0 aliphatic rings. The van der Waals surface area contributed by atoms with Crippen molar-refractivity contribution in [2.45, 2.75) is 19.4 Å². The number of nitrogens with one attached hydrogen (secondary N) is 1. The zero-order valence-corrected chi connectivity index (χ0v) is 9.36. The molecular formula is C8H19NO3S. The zero-order chi connectivity index (χ0) is 10.3. The second-order valence-corrected chi connectivity index (χ2v) is 5.43. The topological polar surface area (TPSA) is 55.4 Å². The summed E-state index contributed by atoms with van der Waals surface area (Å²) in [4.78, 5) is 0. The number of sulfone groups is 1. The van der Waals surface area contributed by atoms with Crippen LogP contribution in [0.4, 0.5) is 0 Å². The van der Waals surface area contributed by atoms with Crippen LogP contribution < -0.4 is 5.32 Å². The molecule has 0 heterocycles. The van der Waals surface area contributed by atoms with Gasteiger partial charge in [0.1, 0.15) is 0 Å². The van der Waals surface area contributed by atoms with E-state index in [2.05, 4.69) is 5.32 Å². The van der Waals surface area contributed by atoms with Gasteiger partial charge >= 0.3 is 0 Å². The zero-order valence-electron chi connectivity index (χ0n) is 8.54. The van der Waals surface area contributed by atoms with Crippen LogP contribution in [0.1, 0.15) is 13.3 Å². The summed E-state index contributed by atoms with van der Waals surface area (Å²) in [6, 6.07) is 0.248. The molecule has 4 nitrogen and oxygen atoms in total. The van der Waals surface area contributed by atoms with Crippen LogP contribution in [-0.2, 0) is 14.6 Å². The third-order valence-corrected chi connectivity index (χ3v) is 3.60. The average Bonchev–Trinajstić information content (AvgIpc) is 2.11. The van der Waals surface area contributed by atoms with Gasteiger partial charge in [-0.15, -0.1) is 0 Å². The Bertz CT molecular complexity index is 213. The summed E-state index contributed by atoms with van der Waals surface area (Å²) in [5.41, 5.74) is 0. The number of methoxy groups -OCH3 is 1. The monoisotopic (exact) mass is 209 g/mol. The van der Waals surface area contributed by atoms with E-state index in [0.717, 1.165) is 0 Å². The molecule has 0 radical (unpaired) electrons. The highest BCUT2D eigenvalue weighted by molar-refractivity contribution is 7.91. The standard InChI is InChI=1S/C8H19NO3S/c1-8(9-2)4-6-13(10,11)7-5-12-3/h8-9H,4-7H2,1-3H3. The van der Waals surface area contributed by atoms with Crippen LogP contribution in [0.5, 0.6) is 0 Å². The molecular weight excluding hydrogens is 190 g/mol. The third kappa shape index (κ3) is 6.98. The van der Waals surface area contributed by atoms with Crippen LogP contribution in [0.15, 0.2) is 0 Å². The van der Waals surface area contributed by atoms with E-state index in [0.29, 0.717) is 6.42 Å². The second kappa shape index (κ2) is 6.34. The Balaban J connectivity index is 3.76. The van der Waals surface area contributed by atoms with Gasteiger partial charge in [0.15, 0.2) is 9.84 Å². The minimum atomic E-state index is -2.91. The Kier molecular flexibility index (Phi) is 6.28. The molecule has 0 rings (SSSR count). The number of rotatable bonds is 7. The normalized spacial score (nSPS) is 14.4. The van der Waals surface area contributed by atoms with Gasteiger partial charge in [0, 0.05) is 13.2 Å². The first-order valence-corrected chi connectivity index (χ1v) is 6.20. The first-order valence-electron chi connectivity index (χ1n) is 4.38. The van der Waals surface area contributed by atoms with Crippen molar-refractivity contribution in [1.29, 1.82) is 0 Å². The third-order valence-electron chi connectivity index (χ3n) is 1.95. The van der Waals surface area contributed by atoms with Crippen molar-refractivity contribution in [1.82, 2.24) is 5.32 Å². The van der Waals surface area contributed by atoms with Gasteiger partial charge in [-0.25, -0.2) is 8.42 Å². The van der Waals surface area contributed by atoms with E-state index in [1.165, 1.54) is 7.11 Å². The van der Waals surface area contributed by atoms with Gasteiger partial charge in [0.25, 0.3) is 0 Å². The van der Waals surface area contributed by atoms with Crippen LogP contribution in [0.25, 0.3) is 0 Å². The van der Waals surface area contributed by atoms with Gasteiger partial charge in [-0.05, 0) is 20.4 Å². The Hall–Kier alpha value is -0.130. The fourth-order valence-corrected chi connectivity index (χ4v) is 2.15. The van der Waals surface area contributed by atoms with E-state index >= 15 is 0 Å². The maximum absolute atomic E-state index is 11.3. The fraction of sp³-hybridized carbons (Fsp3) is 1.00. The minimum absolute atomic E-state index is 0.125. The first-order chi connectivity index (χ1) is 6.02. The highest BCUT2D eigenvalue weighted by atomic mass is 32.2. The molecule has 80 valence electrons. The lowest BCUT2D eigenvalue weighted by Gasteiger charge is -2.09. The molecule has 1 N–H and O–H groups in total. The summed E-state index contributed by atoms with van der Waals surface area (Å²) in [5.74, 6) is 0.359. The number of hydrogen-bond acceptors (Lipinski definition) is 4. The second-order valence-electron chi connectivity index (χ2n) is 3.12. The number of hydrogen-bond donors (Lipinski definition) is 1. The summed E-state index contributed by atoms with van der Waals surface area (Å²) in [6.45, 7) is 2.25. The molecule has 5 heteroatoms. The van der Waals surface area contributed by atoms with Crippen LogP contribution in [0, 0.1) is 0 Å². The van der Waals surface area contributed by atoms with E-state index in [9.17, 15) is 8.42 Å². The molecule has 0 aliphatic heterocycles. The van der Waals surface area contributed by atoms with Gasteiger partial charge in [0.05, 0.1) is 18.1 Å². The van der Waals surface area contributed by atoms with Crippen molar-refractivity contribution in [3.63, 3.8) is 0 Å². The van der Waals surface area contributed by atoms with Gasteiger partial charge in [-0.3, -0.25) is 0 Å². The molecule has 13 heavy (non-hydrogen) atoms. The summed E-state index contributed by atoms with van der Waals surface area (Å²) in [7, 11) is 0.418. The molecule has 0 saturated carbocycles. The maximum Gasteiger partial charge on any atom is 0.152 e. The minimum Gasteiger partial charge on any atom is -0.384 e. The highest BCUT2D eigenvalue weighted by Crippen LogP contribution is 1.97. The molecule has 0 saturated heterocycles. The fourth-order valence-electron chi connectivity index (χ4n) is 0.813. The Morgan fingerprint density at radius 1 is 1.38 bits per heavy atom. The van der Waals surface area contributed by atoms with Crippen molar-refractivity contribution >= 4 is 9.84 Å². The lowest BCUT2D eigenvalue weighted by atomic mass is 10.3. The highest BCUT2D eigenvalue weighted by Gasteiger charge is 2.11. The Labute approximate surface area is 80.6 Å². The molecule has 0 spiro atoms. The molecule has 0 aromatic heterocycles. The van der Waals surface area contributed by atoms with Gasteiger partial charge < -0.3 is 10.1 Å². The first kappa shape index (κ1) is 12.9. The van der Waals surface area contributed by atoms with Crippen LogP contribution in [0.3, 0.4) is 0 Å². The van der Waals surface area contributed by atoms with E-state index in [-0.39, 0.29) is 24.2 Å². The molecule has 1 unspecified atom stereocenters. The SMILES string of the molecule is CNC(C)CCS(=O)(=O)CCOC. The van der Waals surface area contributed by atoms with Crippen molar-refractivity contribution < 1.29 is 13.2 Å². The molecule has 0 aromatic rings. The van der Waals surface area contributed by atoms with Crippen molar-refractivity contribution in [2.75, 3.05) is 32.3 Å². The maximum atomic E-state index is 11.3. The van der Waals surface area contributed by atoms with Crippen LogP contribution in [0.2, 0.25) is 0 Å². The molecule has 0 fully saturated rings. The lowest BCUT2D eigenvalue weighted by Crippen LogP contribution is -2.25. The lowest BCUT2D eigenvalue weighted by molar-refractivity contribution is 0.217. The van der Waals surface area contributed by atoms with E-state index in [1.807, 2.05) is 14.0 Å². The summed E-state index contributed by atoms with van der Waals surface area (Å²) < 4.78 is 27.3. The van der Waals surface area contributed by atoms with E-state index < -0.39 is 9.84 Å². The van der Waals surface area contributed by atoms with E-state index in [1.54, 1.807) is 0 Å². The summed E-state index contributed by atoms with van der Waals surface area (Å²) >= 11 is 0. The van der Waals surface area contributed by atoms with Gasteiger partial charge in [-0.1, -0.05) is 0 Å². The Morgan fingerprint density at radius 2 is 2.00 bits per heavy atom. The molecule has 0 aromatic carbocycles. The predicted octanol–water partition coefficient (Wildman–Crippen LogP) is 0.0456. The van der Waals surface area contributed by atoms with Crippen molar-refractivity contribution in [2.24, 2.45) is 0 Å². The Morgan fingerprint density at radius 3 is 2.46 bits per heavy atom. The van der Waals surface area contributed by atoms with E-state index in [4.69, 9.17) is 4.74 Å². The molecule has 1 atom stereocenters. The largest absolute Gasteiger partial charge is 0.384 e. The molecule has 0 bridgehead atoms. The van der Waals surface area contributed by atoms with Crippen LogP contribution >= 0.6 is 0 Å². The van der Waals surface area contributed by atoms with Gasteiger partial charge in [-0.2, -0.15) is 0 Å². The summed E-state index contributed by atoms with van der Waals surface area (Å²) in [5, 5.41) is 3.00. The van der Waals surface area contributed by atoms with Crippen molar-refractivity contribution in [3.8, 4) is 0 Å².